The van der Waals surface area contributed by atoms with Crippen molar-refractivity contribution in [1.82, 2.24) is 5.32 Å². The predicted molar refractivity (Wildman–Crippen MR) is 98.2 cm³/mol. The van der Waals surface area contributed by atoms with Crippen molar-refractivity contribution in [2.75, 3.05) is 18.5 Å². The van der Waals surface area contributed by atoms with E-state index >= 15 is 0 Å². The molecule has 0 fully saturated rings. The van der Waals surface area contributed by atoms with E-state index in [2.05, 4.69) is 10.6 Å². The summed E-state index contributed by atoms with van der Waals surface area (Å²) in [5, 5.41) is 6.25. The lowest BCUT2D eigenvalue weighted by Gasteiger charge is -2.14. The molecule has 6 heteroatoms. The first kappa shape index (κ1) is 18.0. The van der Waals surface area contributed by atoms with E-state index in [9.17, 15) is 4.39 Å². The monoisotopic (exact) mass is 348 g/mol. The molecule has 2 N–H and O–H groups in total. The Hall–Kier alpha value is -2.34. The lowest BCUT2D eigenvalue weighted by atomic mass is 10.2. The van der Waals surface area contributed by atoms with E-state index in [0.717, 1.165) is 11.3 Å². The van der Waals surface area contributed by atoms with Crippen LogP contribution in [0, 0.1) is 5.82 Å². The number of hydrogen-bond acceptors (Lipinski definition) is 3. The first-order valence-corrected chi connectivity index (χ1v) is 8.22. The Bertz CT molecular complexity index is 694. The number of benzene rings is 2. The second-order valence-corrected chi connectivity index (χ2v) is 5.34. The van der Waals surface area contributed by atoms with Crippen LogP contribution in [0.4, 0.5) is 10.1 Å². The molecule has 0 bridgehead atoms. The van der Waals surface area contributed by atoms with Crippen molar-refractivity contribution in [3.05, 3.63) is 53.8 Å². The molecule has 4 nitrogen and oxygen atoms in total. The van der Waals surface area contributed by atoms with Gasteiger partial charge < -0.3 is 20.1 Å². The van der Waals surface area contributed by atoms with Crippen LogP contribution in [0.1, 0.15) is 19.4 Å². The topological polar surface area (TPSA) is 42.5 Å². The van der Waals surface area contributed by atoms with Gasteiger partial charge in [-0.3, -0.25) is 0 Å². The van der Waals surface area contributed by atoms with Gasteiger partial charge in [0.15, 0.2) is 16.6 Å². The van der Waals surface area contributed by atoms with E-state index < -0.39 is 0 Å². The molecular formula is C18H21FN2O2S. The van der Waals surface area contributed by atoms with Gasteiger partial charge in [-0.2, -0.15) is 0 Å². The minimum atomic E-state index is -0.346. The van der Waals surface area contributed by atoms with Crippen molar-refractivity contribution in [2.24, 2.45) is 0 Å². The van der Waals surface area contributed by atoms with Crippen LogP contribution in [-0.2, 0) is 6.54 Å². The lowest BCUT2D eigenvalue weighted by Crippen LogP contribution is -2.28. The number of hydrogen-bond donors (Lipinski definition) is 2. The zero-order valence-electron chi connectivity index (χ0n) is 13.8. The molecule has 0 heterocycles. The highest BCUT2D eigenvalue weighted by Crippen LogP contribution is 2.28. The van der Waals surface area contributed by atoms with E-state index in [1.54, 1.807) is 18.2 Å². The van der Waals surface area contributed by atoms with Gasteiger partial charge in [-0.15, -0.1) is 0 Å². The normalized spacial score (nSPS) is 10.1. The molecule has 2 aromatic rings. The van der Waals surface area contributed by atoms with Crippen LogP contribution in [0.3, 0.4) is 0 Å². The summed E-state index contributed by atoms with van der Waals surface area (Å²) in [6, 6.07) is 12.1. The predicted octanol–water partition coefficient (Wildman–Crippen LogP) is 4.11. The molecule has 0 aliphatic carbocycles. The van der Waals surface area contributed by atoms with Gasteiger partial charge in [0, 0.05) is 6.54 Å². The standard InChI is InChI=1S/C18H21FN2O2S/c1-3-22-16-10-9-13(11-17(16)23-4-2)12-20-18(24)21-15-8-6-5-7-14(15)19/h5-11H,3-4,12H2,1-2H3,(H2,20,21,24). The Balaban J connectivity index is 1.97. The van der Waals surface area contributed by atoms with Crippen LogP contribution in [0.25, 0.3) is 0 Å². The number of para-hydroxylation sites is 1. The summed E-state index contributed by atoms with van der Waals surface area (Å²) in [4.78, 5) is 0. The number of nitrogens with one attached hydrogen (secondary N) is 2. The average Bonchev–Trinajstić information content (AvgIpc) is 2.57. The molecular weight excluding hydrogens is 327 g/mol. The van der Waals surface area contributed by atoms with E-state index in [0.29, 0.717) is 36.3 Å². The molecule has 0 saturated heterocycles. The van der Waals surface area contributed by atoms with Crippen LogP contribution >= 0.6 is 12.2 Å². The molecule has 0 spiro atoms. The molecule has 0 aliphatic heterocycles. The van der Waals surface area contributed by atoms with Crippen molar-refractivity contribution in [3.63, 3.8) is 0 Å². The van der Waals surface area contributed by atoms with Gasteiger partial charge in [-0.25, -0.2) is 4.39 Å². The van der Waals surface area contributed by atoms with Gasteiger partial charge in [0.1, 0.15) is 5.82 Å². The average molecular weight is 348 g/mol. The van der Waals surface area contributed by atoms with E-state index in [1.165, 1.54) is 6.07 Å². The van der Waals surface area contributed by atoms with Crippen LogP contribution in [-0.4, -0.2) is 18.3 Å². The molecule has 0 atom stereocenters. The van der Waals surface area contributed by atoms with Crippen molar-refractivity contribution in [2.45, 2.75) is 20.4 Å². The summed E-state index contributed by atoms with van der Waals surface area (Å²) < 4.78 is 24.7. The van der Waals surface area contributed by atoms with Crippen LogP contribution < -0.4 is 20.1 Å². The van der Waals surface area contributed by atoms with E-state index in [-0.39, 0.29) is 5.82 Å². The Kier molecular flexibility index (Phi) is 6.81. The quantitative estimate of drug-likeness (QED) is 0.737. The second kappa shape index (κ2) is 9.08. The molecule has 0 amide bonds. The smallest absolute Gasteiger partial charge is 0.171 e. The van der Waals surface area contributed by atoms with Crippen molar-refractivity contribution in [1.29, 1.82) is 0 Å². The Morgan fingerprint density at radius 3 is 2.46 bits per heavy atom. The van der Waals surface area contributed by atoms with Gasteiger partial charge in [0.2, 0.25) is 0 Å². The second-order valence-electron chi connectivity index (χ2n) is 4.93. The summed E-state index contributed by atoms with van der Waals surface area (Å²) in [5.41, 5.74) is 1.33. The molecule has 128 valence electrons. The molecule has 24 heavy (non-hydrogen) atoms. The van der Waals surface area contributed by atoms with Gasteiger partial charge in [0.05, 0.1) is 18.9 Å². The third kappa shape index (κ3) is 5.09. The number of ether oxygens (including phenoxy) is 2. The zero-order valence-corrected chi connectivity index (χ0v) is 14.6. The van der Waals surface area contributed by atoms with Crippen LogP contribution in [0.15, 0.2) is 42.5 Å². The highest BCUT2D eigenvalue weighted by Gasteiger charge is 2.07. The Morgan fingerprint density at radius 2 is 1.75 bits per heavy atom. The highest BCUT2D eigenvalue weighted by atomic mass is 32.1. The fraction of sp³-hybridized carbons (Fsp3) is 0.278. The summed E-state index contributed by atoms with van der Waals surface area (Å²) in [5.74, 6) is 1.07. The highest BCUT2D eigenvalue weighted by molar-refractivity contribution is 7.80. The van der Waals surface area contributed by atoms with Crippen molar-refractivity contribution >= 4 is 23.0 Å². The maximum Gasteiger partial charge on any atom is 0.171 e. The Morgan fingerprint density at radius 1 is 1.04 bits per heavy atom. The molecule has 2 rings (SSSR count). The molecule has 0 aliphatic rings. The summed E-state index contributed by atoms with van der Waals surface area (Å²) >= 11 is 5.20. The van der Waals surface area contributed by atoms with E-state index in [1.807, 2.05) is 32.0 Å². The fourth-order valence-corrected chi connectivity index (χ4v) is 2.30. The molecule has 0 saturated carbocycles. The SMILES string of the molecule is CCOc1ccc(CNC(=S)Nc2ccccc2F)cc1OCC. The molecule has 0 radical (unpaired) electrons. The van der Waals surface area contributed by atoms with Crippen LogP contribution in [0.2, 0.25) is 0 Å². The van der Waals surface area contributed by atoms with Gasteiger partial charge in [-0.05, 0) is 55.9 Å². The number of thiocarbonyl (C=S) groups is 1. The molecule has 0 unspecified atom stereocenters. The number of rotatable bonds is 7. The van der Waals surface area contributed by atoms with Gasteiger partial charge in [0.25, 0.3) is 0 Å². The Labute approximate surface area is 147 Å². The first-order chi connectivity index (χ1) is 11.6. The third-order valence-corrected chi connectivity index (χ3v) is 3.43. The van der Waals surface area contributed by atoms with Gasteiger partial charge in [-0.1, -0.05) is 18.2 Å². The van der Waals surface area contributed by atoms with Crippen molar-refractivity contribution < 1.29 is 13.9 Å². The third-order valence-electron chi connectivity index (χ3n) is 3.18. The lowest BCUT2D eigenvalue weighted by molar-refractivity contribution is 0.287. The summed E-state index contributed by atoms with van der Waals surface area (Å²) in [7, 11) is 0. The maximum atomic E-state index is 13.6. The van der Waals surface area contributed by atoms with Crippen molar-refractivity contribution in [3.8, 4) is 11.5 Å². The van der Waals surface area contributed by atoms with Gasteiger partial charge >= 0.3 is 0 Å². The summed E-state index contributed by atoms with van der Waals surface area (Å²) in [6.07, 6.45) is 0. The summed E-state index contributed by atoms with van der Waals surface area (Å²) in [6.45, 7) is 5.48. The van der Waals surface area contributed by atoms with Crippen LogP contribution in [0.5, 0.6) is 11.5 Å². The number of anilines is 1. The van der Waals surface area contributed by atoms with E-state index in [4.69, 9.17) is 21.7 Å². The fourth-order valence-electron chi connectivity index (χ4n) is 2.12. The largest absolute Gasteiger partial charge is 0.490 e. The minimum absolute atomic E-state index is 0.344. The molecule has 2 aromatic carbocycles. The number of halogens is 1. The first-order valence-electron chi connectivity index (χ1n) is 7.82. The molecule has 0 aromatic heterocycles. The zero-order chi connectivity index (χ0) is 17.4. The minimum Gasteiger partial charge on any atom is -0.490 e. The maximum absolute atomic E-state index is 13.6.